The van der Waals surface area contributed by atoms with E-state index in [1.807, 2.05) is 0 Å². The van der Waals surface area contributed by atoms with Crippen LogP contribution in [0.2, 0.25) is 0 Å². The van der Waals surface area contributed by atoms with Crippen molar-refractivity contribution in [3.63, 3.8) is 0 Å². The predicted molar refractivity (Wildman–Crippen MR) is 33.6 cm³/mol. The van der Waals surface area contributed by atoms with Gasteiger partial charge in [0, 0.05) is 6.61 Å². The summed E-state index contributed by atoms with van der Waals surface area (Å²) in [5.74, 6) is 0.516. The van der Waals surface area contributed by atoms with Gasteiger partial charge < -0.3 is 5.11 Å². The Labute approximate surface area is 50.7 Å². The van der Waals surface area contributed by atoms with Gasteiger partial charge in [0.25, 0.3) is 0 Å². The minimum absolute atomic E-state index is 0.358. The van der Waals surface area contributed by atoms with Crippen molar-refractivity contribution in [3.05, 3.63) is 0 Å². The normalized spacial score (nSPS) is 27.4. The molecule has 1 aliphatic carbocycles. The van der Waals surface area contributed by atoms with Gasteiger partial charge in [0.1, 0.15) is 0 Å². The highest BCUT2D eigenvalue weighted by molar-refractivity contribution is 4.92. The molecule has 1 saturated carbocycles. The highest BCUT2D eigenvalue weighted by atomic mass is 16.3. The first-order chi connectivity index (χ1) is 3.69. The molecule has 0 amide bonds. The topological polar surface area (TPSA) is 20.2 Å². The number of hydrogen-bond donors (Lipinski definition) is 1. The van der Waals surface area contributed by atoms with Crippen molar-refractivity contribution in [2.75, 3.05) is 6.61 Å². The third-order valence-electron chi connectivity index (χ3n) is 2.50. The summed E-state index contributed by atoms with van der Waals surface area (Å²) >= 11 is 0. The quantitative estimate of drug-likeness (QED) is 0.575. The second-order valence-corrected chi connectivity index (χ2v) is 3.24. The van der Waals surface area contributed by atoms with Crippen LogP contribution in [-0.4, -0.2) is 11.7 Å². The minimum Gasteiger partial charge on any atom is -0.396 e. The number of aliphatic hydroxyl groups excluding tert-OH is 1. The summed E-state index contributed by atoms with van der Waals surface area (Å²) in [4.78, 5) is 0. The van der Waals surface area contributed by atoms with Crippen LogP contribution in [0.4, 0.5) is 0 Å². The molecule has 0 aromatic heterocycles. The first kappa shape index (κ1) is 6.09. The minimum atomic E-state index is 0.358. The maximum Gasteiger partial charge on any atom is 0.0461 e. The van der Waals surface area contributed by atoms with Crippen molar-refractivity contribution in [2.45, 2.75) is 26.7 Å². The van der Waals surface area contributed by atoms with Gasteiger partial charge in [-0.2, -0.15) is 0 Å². The van der Waals surface area contributed by atoms with Gasteiger partial charge in [-0.1, -0.05) is 13.8 Å². The average Bonchev–Trinajstić information content (AvgIpc) is 2.47. The summed E-state index contributed by atoms with van der Waals surface area (Å²) < 4.78 is 0. The SMILES string of the molecule is C[C@H](CO)C1(C)CC1. The van der Waals surface area contributed by atoms with Crippen molar-refractivity contribution in [3.8, 4) is 0 Å². The lowest BCUT2D eigenvalue weighted by Gasteiger charge is -2.14. The van der Waals surface area contributed by atoms with Gasteiger partial charge in [0.2, 0.25) is 0 Å². The average molecular weight is 114 g/mol. The Morgan fingerprint density at radius 2 is 2.12 bits per heavy atom. The van der Waals surface area contributed by atoms with Crippen molar-refractivity contribution in [1.29, 1.82) is 0 Å². The third kappa shape index (κ3) is 0.873. The zero-order valence-corrected chi connectivity index (χ0v) is 5.65. The molecular formula is C7H14O. The summed E-state index contributed by atoms with van der Waals surface area (Å²) in [7, 11) is 0. The molecule has 1 heteroatoms. The van der Waals surface area contributed by atoms with E-state index in [-0.39, 0.29) is 0 Å². The Balaban J connectivity index is 2.34. The highest BCUT2D eigenvalue weighted by Gasteiger charge is 2.41. The Hall–Kier alpha value is -0.0400. The fourth-order valence-electron chi connectivity index (χ4n) is 0.910. The molecule has 8 heavy (non-hydrogen) atoms. The molecule has 0 bridgehead atoms. The van der Waals surface area contributed by atoms with Crippen LogP contribution in [0.3, 0.4) is 0 Å². The smallest absolute Gasteiger partial charge is 0.0461 e. The first-order valence-electron chi connectivity index (χ1n) is 3.30. The molecule has 48 valence electrons. The lowest BCUT2D eigenvalue weighted by Crippen LogP contribution is -2.12. The Morgan fingerprint density at radius 1 is 1.62 bits per heavy atom. The van der Waals surface area contributed by atoms with Crippen LogP contribution in [0.5, 0.6) is 0 Å². The lowest BCUT2D eigenvalue weighted by molar-refractivity contribution is 0.185. The standard InChI is InChI=1S/C7H14O/c1-6(5-8)7(2)3-4-7/h6,8H,3-5H2,1-2H3/t6-/m1/s1. The van der Waals surface area contributed by atoms with E-state index in [0.717, 1.165) is 0 Å². The van der Waals surface area contributed by atoms with Crippen molar-refractivity contribution in [1.82, 2.24) is 0 Å². The molecule has 0 aromatic rings. The Kier molecular flexibility index (Phi) is 1.31. The van der Waals surface area contributed by atoms with E-state index in [0.29, 0.717) is 17.9 Å². The molecule has 1 rings (SSSR count). The Bertz CT molecular complexity index is 84.4. The van der Waals surface area contributed by atoms with Crippen LogP contribution in [0, 0.1) is 11.3 Å². The summed E-state index contributed by atoms with van der Waals surface area (Å²) in [6.07, 6.45) is 2.63. The van der Waals surface area contributed by atoms with E-state index in [4.69, 9.17) is 5.11 Å². The van der Waals surface area contributed by atoms with Gasteiger partial charge in [-0.15, -0.1) is 0 Å². The number of aliphatic hydroxyl groups is 1. The zero-order chi connectivity index (χ0) is 6.20. The molecular weight excluding hydrogens is 100 g/mol. The molecule has 0 unspecified atom stereocenters. The van der Waals surface area contributed by atoms with Crippen LogP contribution >= 0.6 is 0 Å². The molecule has 0 aromatic carbocycles. The lowest BCUT2D eigenvalue weighted by atomic mass is 9.94. The molecule has 1 fully saturated rings. The summed E-state index contributed by atoms with van der Waals surface area (Å²) in [6, 6.07) is 0. The van der Waals surface area contributed by atoms with Crippen molar-refractivity contribution in [2.24, 2.45) is 11.3 Å². The maximum absolute atomic E-state index is 8.71. The molecule has 1 atom stereocenters. The van der Waals surface area contributed by atoms with Crippen LogP contribution in [0.15, 0.2) is 0 Å². The molecule has 0 aliphatic heterocycles. The van der Waals surface area contributed by atoms with Crippen LogP contribution in [-0.2, 0) is 0 Å². The third-order valence-corrected chi connectivity index (χ3v) is 2.50. The maximum atomic E-state index is 8.71. The second-order valence-electron chi connectivity index (χ2n) is 3.24. The van der Waals surface area contributed by atoms with Crippen molar-refractivity contribution >= 4 is 0 Å². The van der Waals surface area contributed by atoms with Gasteiger partial charge >= 0.3 is 0 Å². The zero-order valence-electron chi connectivity index (χ0n) is 5.65. The second kappa shape index (κ2) is 1.73. The summed E-state index contributed by atoms with van der Waals surface area (Å²) in [5, 5.41) is 8.71. The van der Waals surface area contributed by atoms with Crippen LogP contribution in [0.25, 0.3) is 0 Å². The van der Waals surface area contributed by atoms with E-state index >= 15 is 0 Å². The summed E-state index contributed by atoms with van der Waals surface area (Å²) in [5.41, 5.74) is 0.509. The van der Waals surface area contributed by atoms with E-state index in [1.165, 1.54) is 12.8 Å². The Morgan fingerprint density at radius 3 is 2.25 bits per heavy atom. The van der Waals surface area contributed by atoms with E-state index in [9.17, 15) is 0 Å². The van der Waals surface area contributed by atoms with Gasteiger partial charge in [0.15, 0.2) is 0 Å². The molecule has 1 aliphatic rings. The molecule has 0 spiro atoms. The van der Waals surface area contributed by atoms with E-state index < -0.39 is 0 Å². The number of rotatable bonds is 2. The summed E-state index contributed by atoms with van der Waals surface area (Å²) in [6.45, 7) is 4.72. The van der Waals surface area contributed by atoms with E-state index in [2.05, 4.69) is 13.8 Å². The van der Waals surface area contributed by atoms with Crippen LogP contribution < -0.4 is 0 Å². The molecule has 1 N–H and O–H groups in total. The fraction of sp³-hybridized carbons (Fsp3) is 1.00. The first-order valence-corrected chi connectivity index (χ1v) is 3.30. The highest BCUT2D eigenvalue weighted by Crippen LogP contribution is 2.50. The molecule has 0 radical (unpaired) electrons. The molecule has 1 nitrogen and oxygen atoms in total. The fourth-order valence-corrected chi connectivity index (χ4v) is 0.910. The number of hydrogen-bond acceptors (Lipinski definition) is 1. The monoisotopic (exact) mass is 114 g/mol. The van der Waals surface area contributed by atoms with Gasteiger partial charge in [-0.3, -0.25) is 0 Å². The largest absolute Gasteiger partial charge is 0.396 e. The van der Waals surface area contributed by atoms with Crippen LogP contribution in [0.1, 0.15) is 26.7 Å². The van der Waals surface area contributed by atoms with E-state index in [1.54, 1.807) is 0 Å². The van der Waals surface area contributed by atoms with Crippen molar-refractivity contribution < 1.29 is 5.11 Å². The predicted octanol–water partition coefficient (Wildman–Crippen LogP) is 1.41. The molecule has 0 heterocycles. The van der Waals surface area contributed by atoms with Gasteiger partial charge in [-0.25, -0.2) is 0 Å². The molecule has 0 saturated heterocycles. The van der Waals surface area contributed by atoms with Gasteiger partial charge in [0.05, 0.1) is 0 Å². The van der Waals surface area contributed by atoms with Gasteiger partial charge in [-0.05, 0) is 24.2 Å².